The van der Waals surface area contributed by atoms with E-state index in [0.717, 1.165) is 22.5 Å². The Labute approximate surface area is 214 Å². The number of hydrogen-bond donors (Lipinski definition) is 0. The van der Waals surface area contributed by atoms with Crippen molar-refractivity contribution in [2.75, 3.05) is 0 Å². The summed E-state index contributed by atoms with van der Waals surface area (Å²) in [6, 6.07) is 27.6. The molecule has 5 rings (SSSR count). The van der Waals surface area contributed by atoms with Crippen molar-refractivity contribution in [2.45, 2.75) is 6.92 Å². The quantitative estimate of drug-likeness (QED) is 0.117. The van der Waals surface area contributed by atoms with Crippen molar-refractivity contribution in [3.8, 4) is 5.69 Å². The molecule has 0 saturated carbocycles. The molecule has 0 fully saturated rings. The Morgan fingerprint density at radius 2 is 1.56 bits per heavy atom. The third-order valence-corrected chi connectivity index (χ3v) is 8.24. The van der Waals surface area contributed by atoms with Crippen LogP contribution in [0.15, 0.2) is 104 Å². The number of amidine groups is 1. The molecule has 3 aromatic carbocycles. The van der Waals surface area contributed by atoms with Crippen LogP contribution in [0, 0.1) is 6.92 Å². The number of nitrogens with zero attached hydrogens (tertiary/aromatic N) is 5. The Hall–Kier alpha value is -2.47. The van der Waals surface area contributed by atoms with Crippen molar-refractivity contribution in [3.05, 3.63) is 111 Å². The highest BCUT2D eigenvalue weighted by Crippen LogP contribution is 2.62. The minimum atomic E-state index is -2.97. The predicted molar refractivity (Wildman–Crippen MR) is 144 cm³/mol. The zero-order valence-electron chi connectivity index (χ0n) is 17.8. The molecule has 0 unspecified atom stereocenters. The van der Waals surface area contributed by atoms with Crippen LogP contribution in [-0.2, 0) is 0 Å². The molecule has 5 nitrogen and oxygen atoms in total. The van der Waals surface area contributed by atoms with Crippen LogP contribution < -0.4 is 14.8 Å². The van der Waals surface area contributed by atoms with E-state index in [4.69, 9.17) is 44.1 Å². The summed E-state index contributed by atoms with van der Waals surface area (Å²) < 4.78 is 11.3. The Balaban J connectivity index is 1.84. The van der Waals surface area contributed by atoms with Gasteiger partial charge in [-0.15, -0.1) is 0 Å². The second-order valence-electron chi connectivity index (χ2n) is 7.40. The van der Waals surface area contributed by atoms with Crippen LogP contribution in [0.1, 0.15) is 11.1 Å². The van der Waals surface area contributed by atoms with Crippen LogP contribution in [0.4, 0.5) is 5.69 Å². The summed E-state index contributed by atoms with van der Waals surface area (Å²) in [5.41, 5.74) is 4.22. The van der Waals surface area contributed by atoms with Crippen LogP contribution in [0.3, 0.4) is 0 Å². The van der Waals surface area contributed by atoms with Gasteiger partial charge in [0.2, 0.25) is 0 Å². The second-order valence-corrected chi connectivity index (χ2v) is 13.4. The van der Waals surface area contributed by atoms with E-state index in [1.54, 1.807) is 0 Å². The maximum atomic E-state index is 6.48. The van der Waals surface area contributed by atoms with Gasteiger partial charge < -0.3 is 0 Å². The van der Waals surface area contributed by atoms with Gasteiger partial charge in [-0.25, -0.2) is 14.7 Å². The molecule has 10 heteroatoms. The molecule has 0 saturated heterocycles. The molecule has 0 spiro atoms. The van der Waals surface area contributed by atoms with Gasteiger partial charge in [-0.2, -0.15) is 4.76 Å². The van der Waals surface area contributed by atoms with Crippen molar-refractivity contribution in [2.24, 2.45) is 19.5 Å². The molecule has 0 N–H and O–H groups in total. The number of aromatic nitrogens is 1. The number of aryl methyl sites for hydroxylation is 1. The van der Waals surface area contributed by atoms with Gasteiger partial charge in [0.1, 0.15) is 4.53 Å². The van der Waals surface area contributed by atoms with E-state index in [0.29, 0.717) is 20.7 Å². The zero-order chi connectivity index (χ0) is 23.7. The third kappa shape index (κ3) is 4.97. The van der Waals surface area contributed by atoms with Crippen LogP contribution in [0.5, 0.6) is 0 Å². The lowest BCUT2D eigenvalue weighted by Crippen LogP contribution is -2.33. The summed E-state index contributed by atoms with van der Waals surface area (Å²) in [7, 11) is 0. The number of para-hydroxylation sites is 2. The first-order valence-corrected chi connectivity index (χ1v) is 14.9. The first-order chi connectivity index (χ1) is 16.4. The van der Waals surface area contributed by atoms with Crippen LogP contribution in [0.25, 0.3) is 10.8 Å². The molecule has 34 heavy (non-hydrogen) atoms. The predicted octanol–water partition coefficient (Wildman–Crippen LogP) is 6.89. The van der Waals surface area contributed by atoms with Gasteiger partial charge in [-0.05, 0) is 53.7 Å². The summed E-state index contributed by atoms with van der Waals surface area (Å²) >= 11 is 20.6. The van der Waals surface area contributed by atoms with Gasteiger partial charge in [0.25, 0.3) is 5.91 Å². The van der Waals surface area contributed by atoms with Crippen LogP contribution >= 0.6 is 51.3 Å². The SMILES string of the molecule is Cc1ccc(C(=Nc2ccccc2)N=c2sc3c(n2-c2ccccc2)=NP(Cl)(Cl)=NC=3Cl)cc1. The Morgan fingerprint density at radius 3 is 2.24 bits per heavy atom. The molecular weight excluding hydrogens is 528 g/mol. The number of halogens is 3. The average molecular weight is 545 g/mol. The van der Waals surface area contributed by atoms with E-state index in [-0.39, 0.29) is 5.16 Å². The fraction of sp³-hybridized carbons (Fsp3) is 0.0417. The topological polar surface area (TPSA) is 54.4 Å². The second kappa shape index (κ2) is 9.65. The third-order valence-electron chi connectivity index (χ3n) is 4.93. The van der Waals surface area contributed by atoms with Gasteiger partial charge in [-0.3, -0.25) is 4.57 Å². The van der Waals surface area contributed by atoms with E-state index in [1.807, 2.05) is 96.4 Å². The monoisotopic (exact) mass is 543 g/mol. The molecule has 170 valence electrons. The van der Waals surface area contributed by atoms with Gasteiger partial charge in [-0.1, -0.05) is 89.2 Å². The molecule has 1 aromatic heterocycles. The molecule has 0 bridgehead atoms. The lowest BCUT2D eigenvalue weighted by Gasteiger charge is -2.08. The number of aliphatic imine (C=N–C) groups is 1. The lowest BCUT2D eigenvalue weighted by atomic mass is 10.1. The largest absolute Gasteiger partial charge is 0.269 e. The minimum Gasteiger partial charge on any atom is -0.269 e. The van der Waals surface area contributed by atoms with Crippen LogP contribution in [0.2, 0.25) is 0 Å². The molecule has 1 aliphatic heterocycles. The summed E-state index contributed by atoms with van der Waals surface area (Å²) in [5.74, 6) is -2.42. The highest BCUT2D eigenvalue weighted by Gasteiger charge is 2.20. The van der Waals surface area contributed by atoms with E-state index in [9.17, 15) is 0 Å². The molecule has 4 aromatic rings. The summed E-state index contributed by atoms with van der Waals surface area (Å²) in [4.78, 5) is 10.5. The zero-order valence-corrected chi connectivity index (χ0v) is 21.8. The summed E-state index contributed by atoms with van der Waals surface area (Å²) in [6.45, 7) is 2.04. The maximum Gasteiger partial charge on any atom is 0.256 e. The van der Waals surface area contributed by atoms with E-state index in [1.165, 1.54) is 11.3 Å². The van der Waals surface area contributed by atoms with Crippen molar-refractivity contribution in [3.63, 3.8) is 0 Å². The molecule has 0 amide bonds. The Bertz CT molecular complexity index is 1630. The van der Waals surface area contributed by atoms with Crippen molar-refractivity contribution in [1.82, 2.24) is 4.57 Å². The van der Waals surface area contributed by atoms with Crippen LogP contribution in [-0.4, -0.2) is 10.4 Å². The van der Waals surface area contributed by atoms with Crippen molar-refractivity contribution in [1.29, 1.82) is 0 Å². The van der Waals surface area contributed by atoms with E-state index < -0.39 is 5.91 Å². The number of fused-ring (bicyclic) bond motifs is 1. The number of thiazole rings is 1. The van der Waals surface area contributed by atoms with Gasteiger partial charge >= 0.3 is 0 Å². The lowest BCUT2D eigenvalue weighted by molar-refractivity contribution is 0.936. The smallest absolute Gasteiger partial charge is 0.256 e. The van der Waals surface area contributed by atoms with Crippen molar-refractivity contribution < 1.29 is 0 Å². The van der Waals surface area contributed by atoms with E-state index >= 15 is 0 Å². The van der Waals surface area contributed by atoms with Gasteiger partial charge in [0, 0.05) is 11.3 Å². The van der Waals surface area contributed by atoms with Gasteiger partial charge in [0.05, 0.1) is 5.69 Å². The number of benzene rings is 3. The van der Waals surface area contributed by atoms with Crippen molar-refractivity contribution >= 4 is 68.0 Å². The maximum absolute atomic E-state index is 6.48. The highest BCUT2D eigenvalue weighted by molar-refractivity contribution is 8.09. The van der Waals surface area contributed by atoms with E-state index in [2.05, 4.69) is 9.51 Å². The molecule has 1 aliphatic rings. The molecule has 2 heterocycles. The summed E-state index contributed by atoms with van der Waals surface area (Å²) in [6.07, 6.45) is 0. The highest BCUT2D eigenvalue weighted by atomic mass is 35.9. The number of rotatable bonds is 3. The molecule has 0 aliphatic carbocycles. The standard InChI is InChI=1S/C24H17Cl3N5PS/c1-16-12-14-17(15-13-16)22(28-18-8-4-2-5-9-18)29-24-32(19-10-6-3-7-11-19)23-20(34-24)21(25)30-33(26,27)31-23/h2-15H,1H3. The summed E-state index contributed by atoms with van der Waals surface area (Å²) in [5, 5.41) is 0.233. The molecular formula is C24H17Cl3N5PS. The minimum absolute atomic E-state index is 0.233. The fourth-order valence-electron chi connectivity index (χ4n) is 3.34. The molecule has 0 atom stereocenters. The van der Waals surface area contributed by atoms with Gasteiger partial charge in [0.15, 0.2) is 21.3 Å². The fourth-order valence-corrected chi connectivity index (χ4v) is 6.85. The molecule has 0 radical (unpaired) electrons. The average Bonchev–Trinajstić information content (AvgIpc) is 3.17. The Kier molecular flexibility index (Phi) is 6.61. The first-order valence-electron chi connectivity index (χ1n) is 10.2. The normalized spacial score (nSPS) is 15.5. The number of hydrogen-bond acceptors (Lipinski definition) is 4. The Morgan fingerprint density at radius 1 is 0.912 bits per heavy atom. The first kappa shape index (κ1) is 23.3.